The van der Waals surface area contributed by atoms with E-state index in [0.29, 0.717) is 5.56 Å². The molecule has 1 aliphatic heterocycles. The van der Waals surface area contributed by atoms with Crippen molar-refractivity contribution in [3.05, 3.63) is 23.4 Å². The molecule has 6 nitrogen and oxygen atoms in total. The second kappa shape index (κ2) is 6.67. The van der Waals surface area contributed by atoms with E-state index in [4.69, 9.17) is 5.73 Å². The molecule has 1 saturated heterocycles. The number of nitrogens with zero attached hydrogens (tertiary/aromatic N) is 3. The first kappa shape index (κ1) is 14.7. The van der Waals surface area contributed by atoms with Crippen LogP contribution in [0.25, 0.3) is 0 Å². The summed E-state index contributed by atoms with van der Waals surface area (Å²) >= 11 is 0. The topological polar surface area (TPSA) is 74.5 Å². The maximum atomic E-state index is 11.3. The molecular formula is C14H23N5O. The van der Waals surface area contributed by atoms with Gasteiger partial charge < -0.3 is 16.0 Å². The monoisotopic (exact) mass is 277 g/mol. The summed E-state index contributed by atoms with van der Waals surface area (Å²) in [5.41, 5.74) is 6.67. The van der Waals surface area contributed by atoms with Crippen LogP contribution in [-0.2, 0) is 0 Å². The van der Waals surface area contributed by atoms with Crippen molar-refractivity contribution >= 4 is 11.7 Å². The molecule has 6 heteroatoms. The van der Waals surface area contributed by atoms with Crippen LogP contribution in [-0.4, -0.2) is 62.1 Å². The van der Waals surface area contributed by atoms with Gasteiger partial charge in [0.1, 0.15) is 5.82 Å². The van der Waals surface area contributed by atoms with Crippen molar-refractivity contribution in [1.82, 2.24) is 15.2 Å². The lowest BCUT2D eigenvalue weighted by Gasteiger charge is -2.29. The molecule has 3 N–H and O–H groups in total. The number of carbonyl (C=O) groups is 1. The average molecular weight is 277 g/mol. The van der Waals surface area contributed by atoms with Gasteiger partial charge in [-0.3, -0.25) is 9.69 Å². The van der Waals surface area contributed by atoms with Gasteiger partial charge in [0.05, 0.1) is 0 Å². The van der Waals surface area contributed by atoms with Crippen LogP contribution < -0.4 is 16.0 Å². The Balaban J connectivity index is 1.97. The lowest BCUT2D eigenvalue weighted by molar-refractivity contribution is 0.1000. The summed E-state index contributed by atoms with van der Waals surface area (Å²) in [6, 6.07) is 3.48. The molecule has 0 radical (unpaired) electrons. The van der Waals surface area contributed by atoms with E-state index in [1.807, 2.05) is 14.0 Å². The number of nitrogens with two attached hydrogens (primary N) is 1. The highest BCUT2D eigenvalue weighted by molar-refractivity contribution is 5.93. The molecule has 2 heterocycles. The SMILES string of the molecule is Cc1cc(C(N)=O)cc(N(C)CCN2CCNCC2)n1. The standard InChI is InChI=1S/C14H23N5O/c1-11-9-12(14(15)20)10-13(17-11)18(2)7-8-19-5-3-16-4-6-19/h9-10,16H,3-8H2,1-2H3,(H2,15,20). The molecule has 1 aromatic heterocycles. The van der Waals surface area contributed by atoms with E-state index in [1.54, 1.807) is 12.1 Å². The van der Waals surface area contributed by atoms with Gasteiger partial charge in [0.2, 0.25) is 5.91 Å². The Morgan fingerprint density at radius 2 is 2.15 bits per heavy atom. The van der Waals surface area contributed by atoms with Crippen LogP contribution in [0.3, 0.4) is 0 Å². The Morgan fingerprint density at radius 1 is 1.45 bits per heavy atom. The van der Waals surface area contributed by atoms with Crippen molar-refractivity contribution in [3.63, 3.8) is 0 Å². The molecule has 1 amide bonds. The third kappa shape index (κ3) is 3.91. The first-order valence-corrected chi connectivity index (χ1v) is 6.99. The Labute approximate surface area is 120 Å². The molecule has 0 aliphatic carbocycles. The van der Waals surface area contributed by atoms with Gasteiger partial charge in [-0.25, -0.2) is 4.98 Å². The number of aromatic nitrogens is 1. The summed E-state index contributed by atoms with van der Waals surface area (Å²) in [4.78, 5) is 20.3. The molecule has 0 unspecified atom stereocenters. The first-order chi connectivity index (χ1) is 9.56. The normalized spacial score (nSPS) is 16.1. The molecule has 0 atom stereocenters. The Kier molecular flexibility index (Phi) is 4.92. The zero-order valence-electron chi connectivity index (χ0n) is 12.2. The fourth-order valence-electron chi connectivity index (χ4n) is 2.33. The fraction of sp³-hybridized carbons (Fsp3) is 0.571. The highest BCUT2D eigenvalue weighted by Crippen LogP contribution is 2.13. The largest absolute Gasteiger partial charge is 0.366 e. The predicted molar refractivity (Wildman–Crippen MR) is 80.1 cm³/mol. The van der Waals surface area contributed by atoms with E-state index in [9.17, 15) is 4.79 Å². The van der Waals surface area contributed by atoms with Crippen LogP contribution in [0, 0.1) is 6.92 Å². The number of rotatable bonds is 5. The maximum absolute atomic E-state index is 11.3. The summed E-state index contributed by atoms with van der Waals surface area (Å²) in [6.07, 6.45) is 0. The number of primary amides is 1. The molecule has 0 aromatic carbocycles. The van der Waals surface area contributed by atoms with Gasteiger partial charge >= 0.3 is 0 Å². The number of amides is 1. The number of hydrogen-bond donors (Lipinski definition) is 2. The number of hydrogen-bond acceptors (Lipinski definition) is 5. The Hall–Kier alpha value is -1.66. The van der Waals surface area contributed by atoms with Gasteiger partial charge in [-0.15, -0.1) is 0 Å². The van der Waals surface area contributed by atoms with Crippen LogP contribution in [0.5, 0.6) is 0 Å². The molecule has 1 aliphatic rings. The van der Waals surface area contributed by atoms with E-state index in [1.165, 1.54) is 0 Å². The van der Waals surface area contributed by atoms with Crippen LogP contribution in [0.1, 0.15) is 16.1 Å². The molecular weight excluding hydrogens is 254 g/mol. The van der Waals surface area contributed by atoms with Crippen LogP contribution >= 0.6 is 0 Å². The Morgan fingerprint density at radius 3 is 2.80 bits per heavy atom. The number of aryl methyl sites for hydroxylation is 1. The van der Waals surface area contributed by atoms with Crippen molar-refractivity contribution in [2.75, 3.05) is 51.2 Å². The molecule has 1 aromatic rings. The van der Waals surface area contributed by atoms with Crippen molar-refractivity contribution in [3.8, 4) is 0 Å². The average Bonchev–Trinajstić information content (AvgIpc) is 2.45. The highest BCUT2D eigenvalue weighted by Gasteiger charge is 2.12. The summed E-state index contributed by atoms with van der Waals surface area (Å²) in [6.45, 7) is 8.04. The van der Waals surface area contributed by atoms with Crippen molar-refractivity contribution < 1.29 is 4.79 Å². The lowest BCUT2D eigenvalue weighted by atomic mass is 10.2. The van der Waals surface area contributed by atoms with Gasteiger partial charge in [-0.2, -0.15) is 0 Å². The number of piperazine rings is 1. The quantitative estimate of drug-likeness (QED) is 0.781. The fourth-order valence-corrected chi connectivity index (χ4v) is 2.33. The van der Waals surface area contributed by atoms with E-state index in [2.05, 4.69) is 20.1 Å². The Bertz CT molecular complexity index is 471. The van der Waals surface area contributed by atoms with Crippen LogP contribution in [0.15, 0.2) is 12.1 Å². The summed E-state index contributed by atoms with van der Waals surface area (Å²) < 4.78 is 0. The minimum Gasteiger partial charge on any atom is -0.366 e. The van der Waals surface area contributed by atoms with Gasteiger partial charge in [0, 0.05) is 57.6 Å². The number of carbonyl (C=O) groups excluding carboxylic acids is 1. The van der Waals surface area contributed by atoms with Crippen molar-refractivity contribution in [2.24, 2.45) is 5.73 Å². The molecule has 20 heavy (non-hydrogen) atoms. The van der Waals surface area contributed by atoms with Crippen LogP contribution in [0.4, 0.5) is 5.82 Å². The third-order valence-electron chi connectivity index (χ3n) is 3.58. The minimum atomic E-state index is -0.410. The lowest BCUT2D eigenvalue weighted by Crippen LogP contribution is -2.46. The zero-order chi connectivity index (χ0) is 14.5. The number of nitrogens with one attached hydrogen (secondary N) is 1. The van der Waals surface area contributed by atoms with Gasteiger partial charge in [-0.1, -0.05) is 0 Å². The predicted octanol–water partition coefficient (Wildman–Crippen LogP) is -0.170. The van der Waals surface area contributed by atoms with Crippen LogP contribution in [0.2, 0.25) is 0 Å². The second-order valence-electron chi connectivity index (χ2n) is 5.23. The van der Waals surface area contributed by atoms with Gasteiger partial charge in [-0.05, 0) is 19.1 Å². The van der Waals surface area contributed by atoms with E-state index in [0.717, 1.165) is 50.8 Å². The molecule has 0 spiro atoms. The third-order valence-corrected chi connectivity index (χ3v) is 3.58. The highest BCUT2D eigenvalue weighted by atomic mass is 16.1. The smallest absolute Gasteiger partial charge is 0.248 e. The van der Waals surface area contributed by atoms with Crippen molar-refractivity contribution in [2.45, 2.75) is 6.92 Å². The second-order valence-corrected chi connectivity index (χ2v) is 5.23. The summed E-state index contributed by atoms with van der Waals surface area (Å²) in [5.74, 6) is 0.390. The van der Waals surface area contributed by atoms with Gasteiger partial charge in [0.15, 0.2) is 0 Å². The van der Waals surface area contributed by atoms with E-state index < -0.39 is 5.91 Å². The minimum absolute atomic E-state index is 0.410. The summed E-state index contributed by atoms with van der Waals surface area (Å²) in [5, 5.41) is 3.34. The van der Waals surface area contributed by atoms with E-state index >= 15 is 0 Å². The number of pyridine rings is 1. The number of anilines is 1. The molecule has 0 bridgehead atoms. The van der Waals surface area contributed by atoms with Crippen molar-refractivity contribution in [1.29, 1.82) is 0 Å². The van der Waals surface area contributed by atoms with Gasteiger partial charge in [0.25, 0.3) is 0 Å². The first-order valence-electron chi connectivity index (χ1n) is 6.99. The summed E-state index contributed by atoms with van der Waals surface area (Å²) in [7, 11) is 1.99. The maximum Gasteiger partial charge on any atom is 0.248 e. The molecule has 0 saturated carbocycles. The van der Waals surface area contributed by atoms with E-state index in [-0.39, 0.29) is 0 Å². The number of likely N-dealkylation sites (N-methyl/N-ethyl adjacent to an activating group) is 1. The molecule has 110 valence electrons. The molecule has 1 fully saturated rings. The zero-order valence-corrected chi connectivity index (χ0v) is 12.2. The molecule has 2 rings (SSSR count).